The maximum absolute atomic E-state index is 12.9. The molecule has 1 fully saturated rings. The molecule has 0 spiro atoms. The van der Waals surface area contributed by atoms with Crippen LogP contribution in [0.15, 0.2) is 53.7 Å². The zero-order valence-electron chi connectivity index (χ0n) is 11.3. The summed E-state index contributed by atoms with van der Waals surface area (Å²) in [5.41, 5.74) is 3.94. The van der Waals surface area contributed by atoms with Crippen molar-refractivity contribution in [3.05, 3.63) is 71.0 Å². The normalized spacial score (nSPS) is 21.8. The molecule has 2 atom stereocenters. The number of aryl methyl sites for hydroxylation is 1. The molecule has 0 unspecified atom stereocenters. The molecule has 3 rings (SSSR count). The Balaban J connectivity index is 1.80. The first-order valence-corrected chi connectivity index (χ1v) is 6.73. The average Bonchev–Trinajstić information content (AvgIpc) is 3.23. The van der Waals surface area contributed by atoms with Gasteiger partial charge in [0.1, 0.15) is 5.82 Å². The third-order valence-electron chi connectivity index (χ3n) is 3.89. The Morgan fingerprint density at radius 3 is 2.35 bits per heavy atom. The molecule has 20 heavy (non-hydrogen) atoms. The SMILES string of the molecule is Cc1ccc([C@H]2C[C@@H]2/C(=N\O)c2ccc(F)cc2)cc1. The highest BCUT2D eigenvalue weighted by Crippen LogP contribution is 2.49. The molecule has 102 valence electrons. The van der Waals surface area contributed by atoms with Gasteiger partial charge in [0.05, 0.1) is 5.71 Å². The van der Waals surface area contributed by atoms with Crippen molar-refractivity contribution >= 4 is 5.71 Å². The third kappa shape index (κ3) is 2.44. The summed E-state index contributed by atoms with van der Waals surface area (Å²) in [5, 5.41) is 12.7. The molecule has 0 saturated heterocycles. The quantitative estimate of drug-likeness (QED) is 0.507. The van der Waals surface area contributed by atoms with E-state index in [0.29, 0.717) is 11.6 Å². The average molecular weight is 269 g/mol. The molecule has 0 heterocycles. The van der Waals surface area contributed by atoms with Crippen LogP contribution in [0, 0.1) is 18.7 Å². The maximum Gasteiger partial charge on any atom is 0.123 e. The van der Waals surface area contributed by atoms with Crippen LogP contribution < -0.4 is 0 Å². The number of hydrogen-bond donors (Lipinski definition) is 1. The number of oxime groups is 1. The van der Waals surface area contributed by atoms with Gasteiger partial charge < -0.3 is 5.21 Å². The predicted molar refractivity (Wildman–Crippen MR) is 76.8 cm³/mol. The van der Waals surface area contributed by atoms with E-state index in [1.54, 1.807) is 12.1 Å². The summed E-state index contributed by atoms with van der Waals surface area (Å²) >= 11 is 0. The molecule has 2 aromatic carbocycles. The number of hydrogen-bond acceptors (Lipinski definition) is 2. The van der Waals surface area contributed by atoms with Gasteiger partial charge in [0.25, 0.3) is 0 Å². The lowest BCUT2D eigenvalue weighted by atomic mass is 10.0. The summed E-state index contributed by atoms with van der Waals surface area (Å²) in [4.78, 5) is 0. The zero-order chi connectivity index (χ0) is 14.1. The standard InChI is InChI=1S/C17H16FNO/c1-11-2-4-12(5-3-11)15-10-16(15)17(19-20)13-6-8-14(18)9-7-13/h2-9,15-16,20H,10H2,1H3/b19-17-/t15-,16+/m1/s1. The van der Waals surface area contributed by atoms with Gasteiger partial charge in [0.15, 0.2) is 0 Å². The lowest BCUT2D eigenvalue weighted by Gasteiger charge is -2.05. The van der Waals surface area contributed by atoms with Gasteiger partial charge in [0, 0.05) is 5.92 Å². The minimum Gasteiger partial charge on any atom is -0.411 e. The molecule has 3 heteroatoms. The minimum absolute atomic E-state index is 0.216. The van der Waals surface area contributed by atoms with Gasteiger partial charge in [-0.05, 0) is 42.5 Å². The van der Waals surface area contributed by atoms with E-state index >= 15 is 0 Å². The van der Waals surface area contributed by atoms with Crippen LogP contribution in [0.4, 0.5) is 4.39 Å². The number of rotatable bonds is 3. The molecular formula is C17H16FNO. The lowest BCUT2D eigenvalue weighted by Crippen LogP contribution is -2.05. The molecular weight excluding hydrogens is 253 g/mol. The Morgan fingerprint density at radius 1 is 1.10 bits per heavy atom. The van der Waals surface area contributed by atoms with Crippen molar-refractivity contribution < 1.29 is 9.60 Å². The second kappa shape index (κ2) is 5.08. The van der Waals surface area contributed by atoms with E-state index in [0.717, 1.165) is 12.0 Å². The number of halogens is 1. The van der Waals surface area contributed by atoms with E-state index in [9.17, 15) is 9.60 Å². The molecule has 1 aliphatic carbocycles. The van der Waals surface area contributed by atoms with Crippen molar-refractivity contribution in [2.45, 2.75) is 19.3 Å². The topological polar surface area (TPSA) is 32.6 Å². The third-order valence-corrected chi connectivity index (χ3v) is 3.89. The highest BCUT2D eigenvalue weighted by molar-refractivity contribution is 6.04. The smallest absolute Gasteiger partial charge is 0.123 e. The lowest BCUT2D eigenvalue weighted by molar-refractivity contribution is 0.317. The Hall–Kier alpha value is -2.16. The van der Waals surface area contributed by atoms with Gasteiger partial charge in [-0.25, -0.2) is 4.39 Å². The summed E-state index contributed by atoms with van der Waals surface area (Å²) in [6.45, 7) is 2.06. The van der Waals surface area contributed by atoms with Gasteiger partial charge in [-0.2, -0.15) is 0 Å². The van der Waals surface area contributed by atoms with Crippen LogP contribution in [-0.2, 0) is 0 Å². The summed E-state index contributed by atoms with van der Waals surface area (Å²) in [7, 11) is 0. The van der Waals surface area contributed by atoms with Crippen molar-refractivity contribution in [1.82, 2.24) is 0 Å². The first-order valence-electron chi connectivity index (χ1n) is 6.73. The second-order valence-electron chi connectivity index (χ2n) is 5.35. The highest BCUT2D eigenvalue weighted by atomic mass is 19.1. The maximum atomic E-state index is 12.9. The first kappa shape index (κ1) is 12.9. The molecule has 0 aliphatic heterocycles. The molecule has 2 nitrogen and oxygen atoms in total. The summed E-state index contributed by atoms with van der Waals surface area (Å²) in [6, 6.07) is 14.5. The van der Waals surface area contributed by atoms with Crippen molar-refractivity contribution in [3.63, 3.8) is 0 Å². The monoisotopic (exact) mass is 269 g/mol. The van der Waals surface area contributed by atoms with E-state index in [4.69, 9.17) is 0 Å². The van der Waals surface area contributed by atoms with Crippen molar-refractivity contribution in [2.24, 2.45) is 11.1 Å². The van der Waals surface area contributed by atoms with Gasteiger partial charge in [0.2, 0.25) is 0 Å². The number of nitrogens with zero attached hydrogens (tertiary/aromatic N) is 1. The van der Waals surface area contributed by atoms with Gasteiger partial charge in [-0.15, -0.1) is 0 Å². The van der Waals surface area contributed by atoms with Gasteiger partial charge >= 0.3 is 0 Å². The van der Waals surface area contributed by atoms with Crippen LogP contribution in [0.25, 0.3) is 0 Å². The van der Waals surface area contributed by atoms with Crippen LogP contribution in [-0.4, -0.2) is 10.9 Å². The van der Waals surface area contributed by atoms with Crippen molar-refractivity contribution in [3.8, 4) is 0 Å². The van der Waals surface area contributed by atoms with E-state index in [2.05, 4.69) is 36.3 Å². The second-order valence-corrected chi connectivity index (χ2v) is 5.35. The van der Waals surface area contributed by atoms with E-state index in [1.165, 1.54) is 23.3 Å². The molecule has 1 aliphatic rings. The van der Waals surface area contributed by atoms with Crippen LogP contribution in [0.2, 0.25) is 0 Å². The summed E-state index contributed by atoms with van der Waals surface area (Å²) in [6.07, 6.45) is 0.972. The molecule has 0 radical (unpaired) electrons. The Labute approximate surface area is 117 Å². The fourth-order valence-electron chi connectivity index (χ4n) is 2.65. The Bertz CT molecular complexity index is 631. The Morgan fingerprint density at radius 2 is 1.75 bits per heavy atom. The fourth-order valence-corrected chi connectivity index (χ4v) is 2.65. The van der Waals surface area contributed by atoms with E-state index in [1.807, 2.05) is 0 Å². The fraction of sp³-hybridized carbons (Fsp3) is 0.235. The van der Waals surface area contributed by atoms with Crippen LogP contribution >= 0.6 is 0 Å². The van der Waals surface area contributed by atoms with E-state index < -0.39 is 0 Å². The molecule has 0 aromatic heterocycles. The van der Waals surface area contributed by atoms with Crippen molar-refractivity contribution in [2.75, 3.05) is 0 Å². The van der Waals surface area contributed by atoms with Crippen LogP contribution in [0.5, 0.6) is 0 Å². The highest BCUT2D eigenvalue weighted by Gasteiger charge is 2.42. The van der Waals surface area contributed by atoms with Crippen LogP contribution in [0.3, 0.4) is 0 Å². The number of benzene rings is 2. The summed E-state index contributed by atoms with van der Waals surface area (Å²) < 4.78 is 12.9. The molecule has 0 amide bonds. The molecule has 0 bridgehead atoms. The predicted octanol–water partition coefficient (Wildman–Crippen LogP) is 4.12. The first-order chi connectivity index (χ1) is 9.69. The summed E-state index contributed by atoms with van der Waals surface area (Å²) in [5.74, 6) is 0.330. The van der Waals surface area contributed by atoms with E-state index in [-0.39, 0.29) is 11.7 Å². The molecule has 1 N–H and O–H groups in total. The van der Waals surface area contributed by atoms with Gasteiger partial charge in [-0.1, -0.05) is 47.1 Å². The Kier molecular flexibility index (Phi) is 3.26. The van der Waals surface area contributed by atoms with Crippen LogP contribution in [0.1, 0.15) is 29.0 Å². The molecule has 1 saturated carbocycles. The zero-order valence-corrected chi connectivity index (χ0v) is 11.3. The van der Waals surface area contributed by atoms with Gasteiger partial charge in [-0.3, -0.25) is 0 Å². The molecule has 2 aromatic rings. The van der Waals surface area contributed by atoms with Crippen molar-refractivity contribution in [1.29, 1.82) is 0 Å². The minimum atomic E-state index is -0.281. The largest absolute Gasteiger partial charge is 0.411 e.